The largest absolute Gasteiger partial charge is 0.259 e. The molecule has 0 N–H and O–H groups in total. The Morgan fingerprint density at radius 3 is 2.11 bits per heavy atom. The first kappa shape index (κ1) is 15.4. The normalized spacial score (nSPS) is 10.9. The van der Waals surface area contributed by atoms with Gasteiger partial charge in [0.05, 0.1) is 17.6 Å². The van der Waals surface area contributed by atoms with E-state index in [1.54, 1.807) is 0 Å². The molecule has 19 heavy (non-hydrogen) atoms. The van der Waals surface area contributed by atoms with Gasteiger partial charge in [-0.15, -0.1) is 0 Å². The van der Waals surface area contributed by atoms with E-state index in [9.17, 15) is 0 Å². The molecular formula is C16H25N3. The van der Waals surface area contributed by atoms with E-state index in [0.717, 1.165) is 22.8 Å². The van der Waals surface area contributed by atoms with Crippen LogP contribution in [0.5, 0.6) is 0 Å². The van der Waals surface area contributed by atoms with E-state index in [2.05, 4.69) is 49.9 Å². The SMILES string of the molecule is CC.Cc1ccc(-n2nc(C(C)(C)C)cc2C)cn1. The first-order chi connectivity index (χ1) is 8.88. The van der Waals surface area contributed by atoms with Crippen LogP contribution in [0, 0.1) is 13.8 Å². The van der Waals surface area contributed by atoms with Gasteiger partial charge in [-0.3, -0.25) is 4.98 Å². The van der Waals surface area contributed by atoms with Crippen molar-refractivity contribution in [1.29, 1.82) is 0 Å². The summed E-state index contributed by atoms with van der Waals surface area (Å²) in [4.78, 5) is 4.31. The second kappa shape index (κ2) is 6.00. The molecule has 104 valence electrons. The topological polar surface area (TPSA) is 30.7 Å². The molecule has 0 fully saturated rings. The Hall–Kier alpha value is -1.64. The zero-order valence-corrected chi connectivity index (χ0v) is 13.2. The van der Waals surface area contributed by atoms with Crippen LogP contribution < -0.4 is 0 Å². The van der Waals surface area contributed by atoms with E-state index < -0.39 is 0 Å². The Morgan fingerprint density at radius 1 is 1.05 bits per heavy atom. The first-order valence-electron chi connectivity index (χ1n) is 6.88. The third-order valence-corrected chi connectivity index (χ3v) is 2.80. The zero-order valence-electron chi connectivity index (χ0n) is 13.2. The van der Waals surface area contributed by atoms with E-state index in [-0.39, 0.29) is 5.41 Å². The lowest BCUT2D eigenvalue weighted by atomic mass is 9.92. The summed E-state index contributed by atoms with van der Waals surface area (Å²) in [5.41, 5.74) is 4.36. The molecule has 0 saturated carbocycles. The van der Waals surface area contributed by atoms with Gasteiger partial charge in [-0.2, -0.15) is 5.10 Å². The maximum Gasteiger partial charge on any atom is 0.0832 e. The molecule has 0 amide bonds. The van der Waals surface area contributed by atoms with Crippen LogP contribution in [0.1, 0.15) is 51.7 Å². The van der Waals surface area contributed by atoms with Crippen LogP contribution in [-0.4, -0.2) is 14.8 Å². The predicted molar refractivity (Wildman–Crippen MR) is 80.9 cm³/mol. The van der Waals surface area contributed by atoms with Gasteiger partial charge >= 0.3 is 0 Å². The molecule has 2 heterocycles. The Bertz CT molecular complexity index is 516. The molecule has 3 nitrogen and oxygen atoms in total. The number of aryl methyl sites for hydroxylation is 2. The van der Waals surface area contributed by atoms with Gasteiger partial charge in [-0.05, 0) is 32.0 Å². The Morgan fingerprint density at radius 2 is 1.68 bits per heavy atom. The fourth-order valence-electron chi connectivity index (χ4n) is 1.69. The van der Waals surface area contributed by atoms with E-state index >= 15 is 0 Å². The van der Waals surface area contributed by atoms with Gasteiger partial charge in [0.15, 0.2) is 0 Å². The minimum absolute atomic E-state index is 0.0775. The molecule has 0 aliphatic rings. The molecule has 0 aromatic carbocycles. The lowest BCUT2D eigenvalue weighted by Gasteiger charge is -2.14. The van der Waals surface area contributed by atoms with Gasteiger partial charge < -0.3 is 0 Å². The van der Waals surface area contributed by atoms with Gasteiger partial charge in [-0.1, -0.05) is 34.6 Å². The maximum atomic E-state index is 4.66. The highest BCUT2D eigenvalue weighted by molar-refractivity contribution is 5.32. The van der Waals surface area contributed by atoms with Gasteiger partial charge in [0.2, 0.25) is 0 Å². The quantitative estimate of drug-likeness (QED) is 0.768. The summed E-state index contributed by atoms with van der Waals surface area (Å²) in [5.74, 6) is 0. The molecular weight excluding hydrogens is 234 g/mol. The predicted octanol–water partition coefficient (Wildman–Crippen LogP) is 4.21. The fourth-order valence-corrected chi connectivity index (χ4v) is 1.69. The van der Waals surface area contributed by atoms with E-state index in [1.807, 2.05) is 37.7 Å². The fraction of sp³-hybridized carbons (Fsp3) is 0.500. The first-order valence-corrected chi connectivity index (χ1v) is 6.88. The molecule has 0 aliphatic carbocycles. The molecule has 3 heteroatoms. The average Bonchev–Trinajstić information content (AvgIpc) is 2.75. The van der Waals surface area contributed by atoms with E-state index in [4.69, 9.17) is 0 Å². The number of hydrogen-bond donors (Lipinski definition) is 0. The van der Waals surface area contributed by atoms with Crippen molar-refractivity contribution in [2.24, 2.45) is 0 Å². The smallest absolute Gasteiger partial charge is 0.0832 e. The zero-order chi connectivity index (χ0) is 14.6. The molecule has 0 aliphatic heterocycles. The van der Waals surface area contributed by atoms with E-state index in [1.165, 1.54) is 0 Å². The van der Waals surface area contributed by atoms with Crippen LogP contribution in [0.15, 0.2) is 24.4 Å². The Balaban J connectivity index is 0.000000861. The minimum Gasteiger partial charge on any atom is -0.259 e. The molecule has 0 atom stereocenters. The lowest BCUT2D eigenvalue weighted by Crippen LogP contribution is -2.12. The summed E-state index contributed by atoms with van der Waals surface area (Å²) in [7, 11) is 0. The van der Waals surface area contributed by atoms with Gasteiger partial charge in [0.25, 0.3) is 0 Å². The van der Waals surface area contributed by atoms with Crippen molar-refractivity contribution in [3.05, 3.63) is 41.5 Å². The second-order valence-corrected chi connectivity index (χ2v) is 5.49. The molecule has 0 bridgehead atoms. The number of aromatic nitrogens is 3. The lowest BCUT2D eigenvalue weighted by molar-refractivity contribution is 0.560. The van der Waals surface area contributed by atoms with Crippen LogP contribution >= 0.6 is 0 Å². The average molecular weight is 259 g/mol. The van der Waals surface area contributed by atoms with Crippen molar-refractivity contribution in [3.8, 4) is 5.69 Å². The maximum absolute atomic E-state index is 4.66. The van der Waals surface area contributed by atoms with Crippen molar-refractivity contribution in [1.82, 2.24) is 14.8 Å². The number of rotatable bonds is 1. The minimum atomic E-state index is 0.0775. The van der Waals surface area contributed by atoms with E-state index in [0.29, 0.717) is 0 Å². The van der Waals surface area contributed by atoms with Crippen molar-refractivity contribution >= 4 is 0 Å². The van der Waals surface area contributed by atoms with Crippen LogP contribution in [0.25, 0.3) is 5.69 Å². The van der Waals surface area contributed by atoms with Crippen LogP contribution in [0.3, 0.4) is 0 Å². The summed E-state index contributed by atoms with van der Waals surface area (Å²) in [6.07, 6.45) is 1.86. The number of nitrogens with zero attached hydrogens (tertiary/aromatic N) is 3. The Kier molecular flexibility index (Phi) is 4.87. The van der Waals surface area contributed by atoms with Gasteiger partial charge in [0, 0.05) is 16.8 Å². The van der Waals surface area contributed by atoms with Crippen molar-refractivity contribution < 1.29 is 0 Å². The highest BCUT2D eigenvalue weighted by atomic mass is 15.3. The molecule has 0 spiro atoms. The Labute approximate surface area is 116 Å². The monoisotopic (exact) mass is 259 g/mol. The van der Waals surface area contributed by atoms with Crippen molar-refractivity contribution in [2.45, 2.75) is 53.9 Å². The van der Waals surface area contributed by atoms with Crippen LogP contribution in [0.4, 0.5) is 0 Å². The summed E-state index contributed by atoms with van der Waals surface area (Å²) in [6, 6.07) is 6.20. The second-order valence-electron chi connectivity index (χ2n) is 5.49. The summed E-state index contributed by atoms with van der Waals surface area (Å²) in [5, 5.41) is 4.66. The van der Waals surface area contributed by atoms with Gasteiger partial charge in [-0.25, -0.2) is 4.68 Å². The van der Waals surface area contributed by atoms with Crippen molar-refractivity contribution in [2.75, 3.05) is 0 Å². The highest BCUT2D eigenvalue weighted by Gasteiger charge is 2.18. The molecule has 2 aromatic rings. The van der Waals surface area contributed by atoms with Crippen LogP contribution in [0.2, 0.25) is 0 Å². The molecule has 0 saturated heterocycles. The molecule has 2 aromatic heterocycles. The third kappa shape index (κ3) is 3.66. The summed E-state index contributed by atoms with van der Waals surface area (Å²) >= 11 is 0. The van der Waals surface area contributed by atoms with Crippen LogP contribution in [-0.2, 0) is 5.41 Å². The number of hydrogen-bond acceptors (Lipinski definition) is 2. The summed E-state index contributed by atoms with van der Waals surface area (Å²) in [6.45, 7) is 14.6. The molecule has 0 radical (unpaired) electrons. The molecule has 0 unspecified atom stereocenters. The standard InChI is InChI=1S/C14H19N3.C2H6/c1-10-6-7-12(9-15-10)17-11(2)8-13(16-17)14(3,4)5;1-2/h6-9H,1-5H3;1-2H3. The molecule has 2 rings (SSSR count). The third-order valence-electron chi connectivity index (χ3n) is 2.80. The van der Waals surface area contributed by atoms with Crippen molar-refractivity contribution in [3.63, 3.8) is 0 Å². The van der Waals surface area contributed by atoms with Gasteiger partial charge in [0.1, 0.15) is 0 Å². The summed E-state index contributed by atoms with van der Waals surface area (Å²) < 4.78 is 1.95. The number of pyridine rings is 1. The highest BCUT2D eigenvalue weighted by Crippen LogP contribution is 2.22.